The average Bonchev–Trinajstić information content (AvgIpc) is 2.59. The zero-order chi connectivity index (χ0) is 16.5. The molecule has 0 radical (unpaired) electrons. The molecule has 0 amide bonds. The molecule has 2 aromatic rings. The zero-order valence-electron chi connectivity index (χ0n) is 12.9. The molecule has 0 spiro atoms. The van der Waals surface area contributed by atoms with Crippen molar-refractivity contribution in [2.75, 3.05) is 0 Å². The Labute approximate surface area is 135 Å². The van der Waals surface area contributed by atoms with Crippen LogP contribution in [0.1, 0.15) is 23.6 Å². The molecule has 0 unspecified atom stereocenters. The van der Waals surface area contributed by atoms with E-state index in [1.165, 1.54) is 17.7 Å². The monoisotopic (exact) mass is 306 g/mol. The van der Waals surface area contributed by atoms with Gasteiger partial charge in [-0.3, -0.25) is 0 Å². The molecule has 0 saturated heterocycles. The Balaban J connectivity index is 1.87. The number of ether oxygens (including phenoxy) is 1. The first-order valence-electron chi connectivity index (χ1n) is 7.43. The van der Waals surface area contributed by atoms with Crippen molar-refractivity contribution >= 4 is 24.1 Å². The van der Waals surface area contributed by atoms with Gasteiger partial charge in [0.25, 0.3) is 0 Å². The van der Waals surface area contributed by atoms with Crippen molar-refractivity contribution < 1.29 is 14.3 Å². The molecule has 3 heteroatoms. The van der Waals surface area contributed by atoms with Gasteiger partial charge in [0.2, 0.25) is 0 Å². The number of benzene rings is 2. The third kappa shape index (κ3) is 5.75. The van der Waals surface area contributed by atoms with E-state index in [2.05, 4.69) is 11.7 Å². The second-order valence-corrected chi connectivity index (χ2v) is 4.91. The molecule has 0 heterocycles. The molecule has 0 saturated carbocycles. The fourth-order valence-electron chi connectivity index (χ4n) is 1.92. The molecule has 0 bridgehead atoms. The molecule has 0 aromatic heterocycles. The summed E-state index contributed by atoms with van der Waals surface area (Å²) in [5, 5.41) is 0. The molecule has 23 heavy (non-hydrogen) atoms. The largest absolute Gasteiger partial charge is 0.387 e. The maximum Gasteiger partial charge on any atom is 0.338 e. The van der Waals surface area contributed by atoms with E-state index in [-0.39, 0.29) is 0 Å². The number of hydrogen-bond donors (Lipinski definition) is 0. The molecule has 0 atom stereocenters. The van der Waals surface area contributed by atoms with Crippen LogP contribution in [-0.2, 0) is 20.7 Å². The average molecular weight is 306 g/mol. The van der Waals surface area contributed by atoms with Crippen LogP contribution in [0, 0.1) is 0 Å². The van der Waals surface area contributed by atoms with Crippen molar-refractivity contribution in [2.45, 2.75) is 13.3 Å². The first-order valence-corrected chi connectivity index (χ1v) is 7.43. The second-order valence-electron chi connectivity index (χ2n) is 4.91. The maximum absolute atomic E-state index is 11.6. The highest BCUT2D eigenvalue weighted by Crippen LogP contribution is 2.07. The molecule has 3 nitrogen and oxygen atoms in total. The summed E-state index contributed by atoms with van der Waals surface area (Å²) in [6.07, 6.45) is 6.67. The van der Waals surface area contributed by atoms with Crippen molar-refractivity contribution in [1.29, 1.82) is 0 Å². The second kappa shape index (κ2) is 8.49. The summed E-state index contributed by atoms with van der Waals surface area (Å²) in [4.78, 5) is 23.2. The predicted molar refractivity (Wildman–Crippen MR) is 91.4 cm³/mol. The summed E-state index contributed by atoms with van der Waals surface area (Å²) in [5.74, 6) is -1.38. The van der Waals surface area contributed by atoms with Gasteiger partial charge in [-0.1, -0.05) is 61.5 Å². The van der Waals surface area contributed by atoms with Crippen LogP contribution in [0.15, 0.2) is 66.7 Å². The Kier molecular flexibility index (Phi) is 6.07. The summed E-state index contributed by atoms with van der Waals surface area (Å²) in [7, 11) is 0. The molecule has 2 aromatic carbocycles. The van der Waals surface area contributed by atoms with Gasteiger partial charge in [-0.2, -0.15) is 0 Å². The van der Waals surface area contributed by atoms with Crippen LogP contribution >= 0.6 is 0 Å². The number of rotatable bonds is 5. The Hall–Kier alpha value is -2.94. The van der Waals surface area contributed by atoms with Gasteiger partial charge in [-0.15, -0.1) is 0 Å². The van der Waals surface area contributed by atoms with Crippen LogP contribution in [0.4, 0.5) is 0 Å². The minimum absolute atomic E-state index is 0.688. The van der Waals surface area contributed by atoms with Crippen LogP contribution in [0.2, 0.25) is 0 Å². The Morgan fingerprint density at radius 1 is 0.826 bits per heavy atom. The van der Waals surface area contributed by atoms with E-state index in [1.54, 1.807) is 12.2 Å². The summed E-state index contributed by atoms with van der Waals surface area (Å²) in [6, 6.07) is 17.1. The minimum atomic E-state index is -0.690. The van der Waals surface area contributed by atoms with Gasteiger partial charge in [0.05, 0.1) is 0 Å². The smallest absolute Gasteiger partial charge is 0.338 e. The lowest BCUT2D eigenvalue weighted by atomic mass is 10.1. The van der Waals surface area contributed by atoms with Gasteiger partial charge >= 0.3 is 11.9 Å². The van der Waals surface area contributed by atoms with Crippen molar-refractivity contribution in [3.63, 3.8) is 0 Å². The van der Waals surface area contributed by atoms with E-state index in [0.29, 0.717) is 0 Å². The van der Waals surface area contributed by atoms with Crippen LogP contribution in [0.5, 0.6) is 0 Å². The molecule has 0 aliphatic rings. The molecule has 0 aliphatic carbocycles. The van der Waals surface area contributed by atoms with E-state index < -0.39 is 11.9 Å². The number of hydrogen-bond acceptors (Lipinski definition) is 3. The van der Waals surface area contributed by atoms with Gasteiger partial charge in [0.1, 0.15) is 0 Å². The lowest BCUT2D eigenvalue weighted by Gasteiger charge is -1.98. The third-order valence-corrected chi connectivity index (χ3v) is 3.21. The number of esters is 2. The Bertz CT molecular complexity index is 710. The summed E-state index contributed by atoms with van der Waals surface area (Å²) >= 11 is 0. The molecule has 0 fully saturated rings. The fourth-order valence-corrected chi connectivity index (χ4v) is 1.92. The van der Waals surface area contributed by atoms with Crippen molar-refractivity contribution in [1.82, 2.24) is 0 Å². The quantitative estimate of drug-likeness (QED) is 0.475. The zero-order valence-corrected chi connectivity index (χ0v) is 12.9. The van der Waals surface area contributed by atoms with E-state index in [0.717, 1.165) is 17.5 Å². The fraction of sp³-hybridized carbons (Fsp3) is 0.100. The first-order chi connectivity index (χ1) is 11.2. The minimum Gasteiger partial charge on any atom is -0.387 e. The van der Waals surface area contributed by atoms with E-state index in [9.17, 15) is 9.59 Å². The molecule has 0 N–H and O–H groups in total. The Morgan fingerprint density at radius 3 is 1.87 bits per heavy atom. The maximum atomic E-state index is 11.6. The summed E-state index contributed by atoms with van der Waals surface area (Å²) in [5.41, 5.74) is 2.97. The molecular weight excluding hydrogens is 288 g/mol. The van der Waals surface area contributed by atoms with E-state index in [1.807, 2.05) is 54.6 Å². The predicted octanol–water partition coefficient (Wildman–Crippen LogP) is 4.05. The van der Waals surface area contributed by atoms with Gasteiger partial charge in [-0.05, 0) is 35.3 Å². The highest BCUT2D eigenvalue weighted by Gasteiger charge is 2.03. The number of carbonyl (C=O) groups is 2. The van der Waals surface area contributed by atoms with Crippen molar-refractivity contribution in [3.8, 4) is 0 Å². The number of aryl methyl sites for hydroxylation is 1. The highest BCUT2D eigenvalue weighted by molar-refractivity contribution is 5.99. The van der Waals surface area contributed by atoms with Crippen LogP contribution in [0.3, 0.4) is 0 Å². The molecule has 0 aliphatic heterocycles. The summed E-state index contributed by atoms with van der Waals surface area (Å²) < 4.78 is 4.69. The molecular formula is C20H18O3. The van der Waals surface area contributed by atoms with Gasteiger partial charge in [0.15, 0.2) is 0 Å². The van der Waals surface area contributed by atoms with Gasteiger partial charge < -0.3 is 4.74 Å². The van der Waals surface area contributed by atoms with Gasteiger partial charge in [0, 0.05) is 12.2 Å². The lowest BCUT2D eigenvalue weighted by Crippen LogP contribution is -2.06. The summed E-state index contributed by atoms with van der Waals surface area (Å²) in [6.45, 7) is 2.08. The number of carbonyl (C=O) groups excluding carboxylic acids is 2. The van der Waals surface area contributed by atoms with Crippen LogP contribution < -0.4 is 0 Å². The van der Waals surface area contributed by atoms with Crippen molar-refractivity contribution in [3.05, 3.63) is 83.4 Å². The standard InChI is InChI=1S/C20H18O3/c1-2-16-8-10-18(11-9-16)13-15-20(22)23-19(21)14-12-17-6-4-3-5-7-17/h3-15H,2H2,1H3. The topological polar surface area (TPSA) is 43.4 Å². The van der Waals surface area contributed by atoms with Crippen molar-refractivity contribution in [2.24, 2.45) is 0 Å². The third-order valence-electron chi connectivity index (χ3n) is 3.21. The van der Waals surface area contributed by atoms with E-state index >= 15 is 0 Å². The van der Waals surface area contributed by atoms with Crippen LogP contribution in [-0.4, -0.2) is 11.9 Å². The van der Waals surface area contributed by atoms with E-state index in [4.69, 9.17) is 0 Å². The highest BCUT2D eigenvalue weighted by atomic mass is 16.6. The molecule has 116 valence electrons. The van der Waals surface area contributed by atoms with Crippen LogP contribution in [0.25, 0.3) is 12.2 Å². The molecule has 2 rings (SSSR count). The Morgan fingerprint density at radius 2 is 1.35 bits per heavy atom. The SMILES string of the molecule is CCc1ccc(C=CC(=O)OC(=O)C=Cc2ccccc2)cc1. The first kappa shape index (κ1) is 16.4. The van der Waals surface area contributed by atoms with Gasteiger partial charge in [-0.25, -0.2) is 9.59 Å². The normalized spacial score (nSPS) is 11.0. The lowest BCUT2D eigenvalue weighted by molar-refractivity contribution is -0.152.